The molecule has 1 atom stereocenters. The Bertz CT molecular complexity index is 877. The van der Waals surface area contributed by atoms with Gasteiger partial charge in [0.1, 0.15) is 6.04 Å². The minimum atomic E-state index is -0.491. The Morgan fingerprint density at radius 1 is 1.17 bits per heavy atom. The van der Waals surface area contributed by atoms with Crippen molar-refractivity contribution in [1.82, 2.24) is 14.8 Å². The summed E-state index contributed by atoms with van der Waals surface area (Å²) in [5.41, 5.74) is 3.19. The fourth-order valence-corrected chi connectivity index (χ4v) is 4.23. The topological polar surface area (TPSA) is 53.5 Å². The van der Waals surface area contributed by atoms with Crippen LogP contribution in [-0.2, 0) is 16.0 Å². The summed E-state index contributed by atoms with van der Waals surface area (Å²) in [5.74, 6) is 0.0599. The summed E-state index contributed by atoms with van der Waals surface area (Å²) >= 11 is 0. The molecule has 2 heterocycles. The van der Waals surface area contributed by atoms with Gasteiger partial charge < -0.3 is 9.80 Å². The van der Waals surface area contributed by atoms with Crippen LogP contribution in [0.3, 0.4) is 0 Å². The van der Waals surface area contributed by atoms with Crippen molar-refractivity contribution < 1.29 is 9.59 Å². The van der Waals surface area contributed by atoms with Crippen LogP contribution in [0.5, 0.6) is 0 Å². The van der Waals surface area contributed by atoms with E-state index in [1.165, 1.54) is 0 Å². The Morgan fingerprint density at radius 3 is 2.53 bits per heavy atom. The van der Waals surface area contributed by atoms with Gasteiger partial charge in [-0.25, -0.2) is 0 Å². The third-order valence-electron chi connectivity index (χ3n) is 5.97. The van der Waals surface area contributed by atoms with Crippen LogP contribution in [0.1, 0.15) is 32.3 Å². The molecule has 3 rings (SSSR count). The van der Waals surface area contributed by atoms with Gasteiger partial charge in [0.05, 0.1) is 0 Å². The Balaban J connectivity index is 1.95. The number of carbonyl (C=O) groups is 2. The highest BCUT2D eigenvalue weighted by Gasteiger charge is 2.38. The quantitative estimate of drug-likeness (QED) is 0.625. The molecule has 1 fully saturated rings. The number of carbonyl (C=O) groups excluding carboxylic acids is 2. The third kappa shape index (κ3) is 4.61. The molecule has 0 spiro atoms. The minimum Gasteiger partial charge on any atom is -0.335 e. The van der Waals surface area contributed by atoms with Crippen molar-refractivity contribution in [2.45, 2.75) is 39.2 Å². The minimum absolute atomic E-state index is 0.00462. The summed E-state index contributed by atoms with van der Waals surface area (Å²) in [4.78, 5) is 34.3. The van der Waals surface area contributed by atoms with Crippen LogP contribution < -0.4 is 0 Å². The van der Waals surface area contributed by atoms with Crippen LogP contribution in [-0.4, -0.2) is 52.3 Å². The number of aromatic nitrogens is 1. The molecule has 2 aromatic rings. The molecule has 1 aliphatic heterocycles. The van der Waals surface area contributed by atoms with Crippen molar-refractivity contribution in [2.24, 2.45) is 5.92 Å². The summed E-state index contributed by atoms with van der Waals surface area (Å²) in [6, 6.07) is 11.6. The number of amides is 2. The molecule has 1 unspecified atom stereocenters. The molecule has 0 aliphatic carbocycles. The summed E-state index contributed by atoms with van der Waals surface area (Å²) in [7, 11) is 0. The van der Waals surface area contributed by atoms with Crippen molar-refractivity contribution in [3.05, 3.63) is 67.0 Å². The van der Waals surface area contributed by atoms with Gasteiger partial charge in [-0.15, -0.1) is 6.58 Å². The molecule has 5 heteroatoms. The molecule has 1 saturated heterocycles. The second-order valence-corrected chi connectivity index (χ2v) is 7.73. The number of hydrogen-bond donors (Lipinski definition) is 0. The highest BCUT2D eigenvalue weighted by Crippen LogP contribution is 2.27. The van der Waals surface area contributed by atoms with E-state index >= 15 is 0 Å². The van der Waals surface area contributed by atoms with Crippen molar-refractivity contribution in [3.8, 4) is 11.1 Å². The van der Waals surface area contributed by atoms with Crippen LogP contribution in [0, 0.1) is 5.92 Å². The Hall–Kier alpha value is -2.95. The van der Waals surface area contributed by atoms with E-state index in [0.29, 0.717) is 26.1 Å². The normalized spacial score (nSPS) is 16.8. The average molecular weight is 406 g/mol. The molecular formula is C25H31N3O2. The van der Waals surface area contributed by atoms with Crippen molar-refractivity contribution in [3.63, 3.8) is 0 Å². The average Bonchev–Trinajstić information content (AvgIpc) is 2.78. The van der Waals surface area contributed by atoms with Gasteiger partial charge in [0.15, 0.2) is 0 Å². The summed E-state index contributed by atoms with van der Waals surface area (Å²) in [6.45, 7) is 9.48. The van der Waals surface area contributed by atoms with E-state index in [-0.39, 0.29) is 17.7 Å². The van der Waals surface area contributed by atoms with Gasteiger partial charge in [-0.2, -0.15) is 0 Å². The Morgan fingerprint density at radius 2 is 1.87 bits per heavy atom. The number of rotatable bonds is 8. The van der Waals surface area contributed by atoms with Gasteiger partial charge in [-0.05, 0) is 41.7 Å². The molecule has 0 radical (unpaired) electrons. The molecule has 1 aliphatic rings. The summed E-state index contributed by atoms with van der Waals surface area (Å²) < 4.78 is 0. The Kier molecular flexibility index (Phi) is 7.39. The monoisotopic (exact) mass is 405 g/mol. The zero-order chi connectivity index (χ0) is 21.5. The largest absolute Gasteiger partial charge is 0.335 e. The summed E-state index contributed by atoms with van der Waals surface area (Å²) in [6.07, 6.45) is 7.36. The highest BCUT2D eigenvalue weighted by atomic mass is 16.2. The van der Waals surface area contributed by atoms with Crippen molar-refractivity contribution in [1.29, 1.82) is 0 Å². The first-order chi connectivity index (χ1) is 14.6. The van der Waals surface area contributed by atoms with Gasteiger partial charge in [-0.3, -0.25) is 14.6 Å². The molecule has 30 heavy (non-hydrogen) atoms. The molecule has 1 aromatic heterocycles. The maximum absolute atomic E-state index is 13.4. The van der Waals surface area contributed by atoms with Gasteiger partial charge in [0.2, 0.25) is 11.8 Å². The molecule has 5 nitrogen and oxygen atoms in total. The van der Waals surface area contributed by atoms with Crippen LogP contribution in [0.25, 0.3) is 11.1 Å². The molecule has 0 bridgehead atoms. The first-order valence-corrected chi connectivity index (χ1v) is 10.8. The lowest BCUT2D eigenvalue weighted by Crippen LogP contribution is -2.60. The maximum Gasteiger partial charge on any atom is 0.246 e. The molecule has 1 aromatic carbocycles. The van der Waals surface area contributed by atoms with Crippen LogP contribution in [0.15, 0.2) is 61.4 Å². The summed E-state index contributed by atoms with van der Waals surface area (Å²) in [5, 5.41) is 0. The predicted octanol–water partition coefficient (Wildman–Crippen LogP) is 3.95. The molecule has 0 saturated carbocycles. The fraction of sp³-hybridized carbons (Fsp3) is 0.400. The second kappa shape index (κ2) is 10.2. The number of hydrogen-bond acceptors (Lipinski definition) is 3. The smallest absolute Gasteiger partial charge is 0.246 e. The fourth-order valence-electron chi connectivity index (χ4n) is 4.23. The van der Waals surface area contributed by atoms with Gasteiger partial charge in [-0.1, -0.05) is 44.2 Å². The van der Waals surface area contributed by atoms with E-state index in [1.54, 1.807) is 18.5 Å². The van der Waals surface area contributed by atoms with E-state index < -0.39 is 6.04 Å². The highest BCUT2D eigenvalue weighted by molar-refractivity contribution is 5.90. The molecular weight excluding hydrogens is 374 g/mol. The van der Waals surface area contributed by atoms with E-state index in [1.807, 2.05) is 47.9 Å². The predicted molar refractivity (Wildman–Crippen MR) is 120 cm³/mol. The molecule has 2 amide bonds. The van der Waals surface area contributed by atoms with E-state index in [0.717, 1.165) is 29.5 Å². The third-order valence-corrected chi connectivity index (χ3v) is 5.97. The number of nitrogens with zero attached hydrogens (tertiary/aromatic N) is 3. The van der Waals surface area contributed by atoms with Crippen molar-refractivity contribution >= 4 is 11.8 Å². The first-order valence-electron chi connectivity index (χ1n) is 10.8. The lowest BCUT2D eigenvalue weighted by atomic mass is 9.92. The number of benzene rings is 1. The zero-order valence-electron chi connectivity index (χ0n) is 18.0. The lowest BCUT2D eigenvalue weighted by Gasteiger charge is -2.42. The van der Waals surface area contributed by atoms with Gasteiger partial charge >= 0.3 is 0 Å². The van der Waals surface area contributed by atoms with E-state index in [2.05, 4.69) is 23.7 Å². The molecule has 158 valence electrons. The SMILES string of the molecule is C=CCN1CCN(C(=O)C(CC)CC)C(Cc2ccccc2-c2ccncc2)C1=O. The van der Waals surface area contributed by atoms with E-state index in [4.69, 9.17) is 0 Å². The Labute approximate surface area is 179 Å². The van der Waals surface area contributed by atoms with Crippen molar-refractivity contribution in [2.75, 3.05) is 19.6 Å². The van der Waals surface area contributed by atoms with Gasteiger partial charge in [0.25, 0.3) is 0 Å². The number of piperazine rings is 1. The van der Waals surface area contributed by atoms with Crippen LogP contribution >= 0.6 is 0 Å². The zero-order valence-corrected chi connectivity index (χ0v) is 18.0. The van der Waals surface area contributed by atoms with Gasteiger partial charge in [0, 0.05) is 44.4 Å². The van der Waals surface area contributed by atoms with E-state index in [9.17, 15) is 9.59 Å². The number of pyridine rings is 1. The standard InChI is InChI=1S/C25H31N3O2/c1-4-15-27-16-17-28(24(29)19(5-2)6-3)23(25(27)30)18-21-9-7-8-10-22(21)20-11-13-26-14-12-20/h4,7-14,19,23H,1,5-6,15-18H2,2-3H3. The lowest BCUT2D eigenvalue weighted by molar-refractivity contribution is -0.153. The molecule has 0 N–H and O–H groups in total. The van der Waals surface area contributed by atoms with Crippen LogP contribution in [0.4, 0.5) is 0 Å². The maximum atomic E-state index is 13.4. The second-order valence-electron chi connectivity index (χ2n) is 7.73. The van der Waals surface area contributed by atoms with Crippen LogP contribution in [0.2, 0.25) is 0 Å². The first kappa shape index (κ1) is 21.8.